The van der Waals surface area contributed by atoms with Crippen LogP contribution < -0.4 is 0 Å². The van der Waals surface area contributed by atoms with E-state index >= 15 is 0 Å². The first-order chi connectivity index (χ1) is 22.2. The monoisotopic (exact) mass is 637 g/mol. The van der Waals surface area contributed by atoms with Crippen molar-refractivity contribution in [3.05, 3.63) is 0 Å². The second kappa shape index (κ2) is 39.1. The molecule has 4 heteroatoms. The molecule has 4 nitrogen and oxygen atoms in total. The Morgan fingerprint density at radius 2 is 0.467 bits per heavy atom. The van der Waals surface area contributed by atoms with Crippen LogP contribution in [0.15, 0.2) is 0 Å². The van der Waals surface area contributed by atoms with E-state index in [2.05, 4.69) is 4.74 Å². The molecule has 0 fully saturated rings. The van der Waals surface area contributed by atoms with Gasteiger partial charge in [0, 0.05) is 12.8 Å². The maximum Gasteiger partial charge on any atom is 0.305 e. The molecule has 0 heterocycles. The largest absolute Gasteiger partial charge is 0.481 e. The Labute approximate surface area is 282 Å². The SMILES string of the molecule is COC(=O)CCCCCCCCCCCCCCCCCCCCCCCCCCCCCCCCCCCCCCC(=O)O. The maximum absolute atomic E-state index is 11.1. The number of hydrogen-bond donors (Lipinski definition) is 1. The molecule has 0 bridgehead atoms. The lowest BCUT2D eigenvalue weighted by Gasteiger charge is -2.05. The first kappa shape index (κ1) is 43.9. The second-order valence-corrected chi connectivity index (χ2v) is 14.2. The summed E-state index contributed by atoms with van der Waals surface area (Å²) in [7, 11) is 1.47. The minimum absolute atomic E-state index is 0.0645. The number of carbonyl (C=O) groups excluding carboxylic acids is 1. The van der Waals surface area contributed by atoms with Crippen LogP contribution in [-0.4, -0.2) is 24.2 Å². The normalized spacial score (nSPS) is 11.3. The van der Waals surface area contributed by atoms with Crippen molar-refractivity contribution in [2.24, 2.45) is 0 Å². The quantitative estimate of drug-likeness (QED) is 0.0538. The van der Waals surface area contributed by atoms with Crippen LogP contribution in [0.3, 0.4) is 0 Å². The molecule has 0 radical (unpaired) electrons. The Kier molecular flexibility index (Phi) is 38.2. The van der Waals surface area contributed by atoms with Gasteiger partial charge in [0.15, 0.2) is 0 Å². The molecular formula is C41H80O4. The number of rotatable bonds is 39. The highest BCUT2D eigenvalue weighted by molar-refractivity contribution is 5.69. The highest BCUT2D eigenvalue weighted by atomic mass is 16.5. The number of aliphatic carboxylic acids is 1. The molecule has 0 spiro atoms. The van der Waals surface area contributed by atoms with Crippen LogP contribution in [0.25, 0.3) is 0 Å². The zero-order valence-electron chi connectivity index (χ0n) is 30.5. The van der Waals surface area contributed by atoms with Crippen molar-refractivity contribution in [1.29, 1.82) is 0 Å². The van der Waals surface area contributed by atoms with Crippen molar-refractivity contribution < 1.29 is 19.4 Å². The average Bonchev–Trinajstić information content (AvgIpc) is 3.03. The van der Waals surface area contributed by atoms with E-state index in [0.717, 1.165) is 19.3 Å². The third kappa shape index (κ3) is 40.9. The summed E-state index contributed by atoms with van der Waals surface area (Å²) < 4.78 is 4.68. The Morgan fingerprint density at radius 1 is 0.311 bits per heavy atom. The summed E-state index contributed by atoms with van der Waals surface area (Å²) in [5.41, 5.74) is 0. The second-order valence-electron chi connectivity index (χ2n) is 14.2. The smallest absolute Gasteiger partial charge is 0.305 e. The Morgan fingerprint density at radius 3 is 0.622 bits per heavy atom. The summed E-state index contributed by atoms with van der Waals surface area (Å²) >= 11 is 0. The van der Waals surface area contributed by atoms with Gasteiger partial charge in [-0.25, -0.2) is 0 Å². The van der Waals surface area contributed by atoms with Crippen molar-refractivity contribution in [2.75, 3.05) is 7.11 Å². The zero-order valence-corrected chi connectivity index (χ0v) is 30.5. The average molecular weight is 637 g/mol. The van der Waals surface area contributed by atoms with Crippen LogP contribution in [0.2, 0.25) is 0 Å². The molecule has 0 aromatic carbocycles. The van der Waals surface area contributed by atoms with E-state index in [4.69, 9.17) is 5.11 Å². The predicted octanol–water partition coefficient (Wildman–Crippen LogP) is 14.1. The Balaban J connectivity index is 3.06. The fraction of sp³-hybridized carbons (Fsp3) is 0.951. The number of esters is 1. The molecule has 0 atom stereocenters. The molecule has 0 saturated heterocycles. The number of carboxylic acids is 1. The van der Waals surface area contributed by atoms with Crippen molar-refractivity contribution in [3.63, 3.8) is 0 Å². The van der Waals surface area contributed by atoms with Crippen LogP contribution in [0.4, 0.5) is 0 Å². The van der Waals surface area contributed by atoms with Gasteiger partial charge in [0.25, 0.3) is 0 Å². The van der Waals surface area contributed by atoms with E-state index in [-0.39, 0.29) is 5.97 Å². The van der Waals surface area contributed by atoms with E-state index < -0.39 is 5.97 Å². The van der Waals surface area contributed by atoms with Gasteiger partial charge in [-0.2, -0.15) is 0 Å². The molecule has 0 unspecified atom stereocenters. The molecule has 0 aliphatic carbocycles. The van der Waals surface area contributed by atoms with Crippen LogP contribution in [-0.2, 0) is 14.3 Å². The van der Waals surface area contributed by atoms with E-state index in [9.17, 15) is 9.59 Å². The lowest BCUT2D eigenvalue weighted by Crippen LogP contribution is -1.99. The van der Waals surface area contributed by atoms with E-state index in [0.29, 0.717) is 12.8 Å². The van der Waals surface area contributed by atoms with Gasteiger partial charge in [0.1, 0.15) is 0 Å². The molecule has 0 aromatic heterocycles. The van der Waals surface area contributed by atoms with Crippen molar-refractivity contribution in [2.45, 2.75) is 244 Å². The summed E-state index contributed by atoms with van der Waals surface area (Å²) in [4.78, 5) is 21.6. The van der Waals surface area contributed by atoms with Gasteiger partial charge < -0.3 is 9.84 Å². The number of carbonyl (C=O) groups is 2. The van der Waals surface area contributed by atoms with Crippen LogP contribution >= 0.6 is 0 Å². The highest BCUT2D eigenvalue weighted by Gasteiger charge is 2.00. The number of hydrogen-bond acceptors (Lipinski definition) is 3. The van der Waals surface area contributed by atoms with Crippen molar-refractivity contribution >= 4 is 11.9 Å². The van der Waals surface area contributed by atoms with E-state index in [1.165, 1.54) is 219 Å². The summed E-state index contributed by atoms with van der Waals surface area (Å²) in [5, 5.41) is 8.64. The minimum Gasteiger partial charge on any atom is -0.481 e. The van der Waals surface area contributed by atoms with Crippen molar-refractivity contribution in [1.82, 2.24) is 0 Å². The first-order valence-electron chi connectivity index (χ1n) is 20.5. The van der Waals surface area contributed by atoms with E-state index in [1.807, 2.05) is 0 Å². The summed E-state index contributed by atoms with van der Waals surface area (Å²) in [6, 6.07) is 0. The third-order valence-electron chi connectivity index (χ3n) is 9.75. The number of unbranched alkanes of at least 4 members (excludes halogenated alkanes) is 35. The molecule has 0 aliphatic heterocycles. The molecule has 268 valence electrons. The molecule has 0 aliphatic rings. The molecular weight excluding hydrogens is 556 g/mol. The van der Waals surface area contributed by atoms with Gasteiger partial charge in [0.2, 0.25) is 0 Å². The molecule has 0 amide bonds. The van der Waals surface area contributed by atoms with Crippen LogP contribution in [0.1, 0.15) is 244 Å². The van der Waals surface area contributed by atoms with Crippen molar-refractivity contribution in [3.8, 4) is 0 Å². The van der Waals surface area contributed by atoms with Gasteiger partial charge >= 0.3 is 11.9 Å². The van der Waals surface area contributed by atoms with Gasteiger partial charge in [-0.15, -0.1) is 0 Å². The fourth-order valence-corrected chi connectivity index (χ4v) is 6.66. The van der Waals surface area contributed by atoms with Crippen LogP contribution in [0.5, 0.6) is 0 Å². The maximum atomic E-state index is 11.1. The van der Waals surface area contributed by atoms with Crippen LogP contribution in [0, 0.1) is 0 Å². The molecule has 0 aromatic rings. The van der Waals surface area contributed by atoms with Gasteiger partial charge in [0.05, 0.1) is 7.11 Å². The lowest BCUT2D eigenvalue weighted by molar-refractivity contribution is -0.141. The van der Waals surface area contributed by atoms with E-state index in [1.54, 1.807) is 0 Å². The lowest BCUT2D eigenvalue weighted by atomic mass is 10.0. The molecule has 0 saturated carbocycles. The Bertz CT molecular complexity index is 590. The molecule has 45 heavy (non-hydrogen) atoms. The summed E-state index contributed by atoms with van der Waals surface area (Å²) in [6.45, 7) is 0. The predicted molar refractivity (Wildman–Crippen MR) is 195 cm³/mol. The van der Waals surface area contributed by atoms with Gasteiger partial charge in [-0.05, 0) is 12.8 Å². The number of methoxy groups -OCH3 is 1. The zero-order chi connectivity index (χ0) is 32.7. The van der Waals surface area contributed by atoms with Gasteiger partial charge in [-0.3, -0.25) is 9.59 Å². The molecule has 0 rings (SSSR count). The summed E-state index contributed by atoms with van der Waals surface area (Å²) in [6.07, 6.45) is 50.2. The Hall–Kier alpha value is -1.06. The highest BCUT2D eigenvalue weighted by Crippen LogP contribution is 2.17. The topological polar surface area (TPSA) is 63.6 Å². The standard InChI is InChI=1S/C41H80O4/c1-45-41(44)39-37-35-33-31-29-27-25-23-21-19-17-15-13-11-9-7-5-3-2-4-6-8-10-12-14-16-18-20-22-24-26-28-30-32-34-36-38-40(42)43/h2-39H2,1H3,(H,42,43). The minimum atomic E-state index is -0.651. The summed E-state index contributed by atoms with van der Waals surface area (Å²) in [5.74, 6) is -0.716. The fourth-order valence-electron chi connectivity index (χ4n) is 6.66. The number of ether oxygens (including phenoxy) is 1. The first-order valence-corrected chi connectivity index (χ1v) is 20.5. The molecule has 1 N–H and O–H groups in total. The third-order valence-corrected chi connectivity index (χ3v) is 9.75. The van der Waals surface area contributed by atoms with Gasteiger partial charge in [-0.1, -0.05) is 218 Å². The number of carboxylic acid groups (broad SMARTS) is 1.